The molecule has 0 saturated carbocycles. The molecule has 3 aromatic rings. The molecule has 0 bridgehead atoms. The number of phenolic OH excluding ortho intramolecular Hbond substituents is 1. The van der Waals surface area contributed by atoms with E-state index in [4.69, 9.17) is 9.84 Å². The number of aliphatic hydroxyl groups excluding tert-OH is 2. The Morgan fingerprint density at radius 2 is 1.76 bits per heavy atom. The molecule has 1 aliphatic heterocycles. The number of methoxy groups -OCH3 is 1. The Labute approximate surface area is 189 Å². The first-order chi connectivity index (χ1) is 15.9. The first-order valence-electron chi connectivity index (χ1n) is 10.2. The van der Waals surface area contributed by atoms with Gasteiger partial charge in [-0.3, -0.25) is 9.59 Å². The van der Waals surface area contributed by atoms with Crippen molar-refractivity contribution in [1.82, 2.24) is 5.32 Å². The molecular weight excluding hydrogens is 426 g/mol. The molecular formula is C24H23N3O6. The summed E-state index contributed by atoms with van der Waals surface area (Å²) in [4.78, 5) is 25.2. The summed E-state index contributed by atoms with van der Waals surface area (Å²) in [5, 5.41) is 36.7. The third-order valence-electron chi connectivity index (χ3n) is 5.29. The number of amides is 2. The second kappa shape index (κ2) is 9.19. The van der Waals surface area contributed by atoms with Crippen LogP contribution in [0.1, 0.15) is 20.7 Å². The Hall–Kier alpha value is -4.08. The maximum atomic E-state index is 12.8. The predicted molar refractivity (Wildman–Crippen MR) is 123 cm³/mol. The van der Waals surface area contributed by atoms with E-state index in [0.717, 1.165) is 11.1 Å². The van der Waals surface area contributed by atoms with Crippen LogP contribution in [0.5, 0.6) is 11.5 Å². The van der Waals surface area contributed by atoms with Crippen LogP contribution in [0.2, 0.25) is 0 Å². The molecule has 0 radical (unpaired) electrons. The number of fused-ring (bicyclic) bond motifs is 2. The highest BCUT2D eigenvalue weighted by Gasteiger charge is 2.21. The van der Waals surface area contributed by atoms with Crippen LogP contribution < -0.4 is 20.7 Å². The van der Waals surface area contributed by atoms with Crippen LogP contribution in [0.4, 0.5) is 17.1 Å². The quantitative estimate of drug-likeness (QED) is 0.340. The van der Waals surface area contributed by atoms with Crippen LogP contribution in [-0.2, 0) is 0 Å². The van der Waals surface area contributed by atoms with E-state index < -0.39 is 18.6 Å². The Bertz CT molecular complexity index is 1230. The van der Waals surface area contributed by atoms with Gasteiger partial charge in [-0.15, -0.1) is 0 Å². The molecule has 0 aromatic heterocycles. The van der Waals surface area contributed by atoms with Gasteiger partial charge in [0.25, 0.3) is 11.8 Å². The summed E-state index contributed by atoms with van der Waals surface area (Å²) in [6, 6.07) is 15.1. The van der Waals surface area contributed by atoms with Crippen LogP contribution in [0, 0.1) is 0 Å². The van der Waals surface area contributed by atoms with Gasteiger partial charge in [0, 0.05) is 12.1 Å². The molecule has 9 heteroatoms. The molecule has 1 unspecified atom stereocenters. The van der Waals surface area contributed by atoms with Gasteiger partial charge in [-0.2, -0.15) is 0 Å². The second-order valence-corrected chi connectivity index (χ2v) is 7.53. The number of nitrogens with one attached hydrogen (secondary N) is 3. The number of rotatable bonds is 6. The minimum Gasteiger partial charge on any atom is -0.504 e. The van der Waals surface area contributed by atoms with Crippen molar-refractivity contribution >= 4 is 28.9 Å². The Kier molecular flexibility index (Phi) is 6.16. The minimum atomic E-state index is -1.05. The molecule has 2 amide bonds. The zero-order valence-electron chi connectivity index (χ0n) is 17.8. The number of benzene rings is 3. The summed E-state index contributed by atoms with van der Waals surface area (Å²) in [6.07, 6.45) is -1.05. The Morgan fingerprint density at radius 3 is 2.52 bits per heavy atom. The summed E-state index contributed by atoms with van der Waals surface area (Å²) in [5.41, 5.74) is 3.96. The topological polar surface area (TPSA) is 140 Å². The molecule has 1 atom stereocenters. The number of hydrogen-bond acceptors (Lipinski definition) is 7. The molecule has 0 aliphatic carbocycles. The molecule has 0 spiro atoms. The lowest BCUT2D eigenvalue weighted by molar-refractivity contribution is 0.0802. The molecule has 9 nitrogen and oxygen atoms in total. The van der Waals surface area contributed by atoms with Crippen LogP contribution in [0.15, 0.2) is 54.6 Å². The van der Waals surface area contributed by atoms with Gasteiger partial charge in [0.1, 0.15) is 0 Å². The number of phenols is 1. The van der Waals surface area contributed by atoms with Crippen LogP contribution in [0.3, 0.4) is 0 Å². The van der Waals surface area contributed by atoms with Gasteiger partial charge in [0.2, 0.25) is 0 Å². The first-order valence-corrected chi connectivity index (χ1v) is 10.2. The van der Waals surface area contributed by atoms with Gasteiger partial charge in [0.05, 0.1) is 42.4 Å². The number of ether oxygens (including phenoxy) is 1. The fourth-order valence-electron chi connectivity index (χ4n) is 3.49. The lowest BCUT2D eigenvalue weighted by Gasteiger charge is -2.13. The van der Waals surface area contributed by atoms with Gasteiger partial charge >= 0.3 is 0 Å². The SMILES string of the molecule is COc1cc(-c2ccc3c(c2)Nc2ccc(C(=O)NCC(O)CO)cc2NC3=O)ccc1O. The van der Waals surface area contributed by atoms with E-state index in [1.54, 1.807) is 48.5 Å². The number of anilines is 3. The van der Waals surface area contributed by atoms with Crippen molar-refractivity contribution in [1.29, 1.82) is 0 Å². The molecule has 1 aliphatic rings. The molecule has 0 saturated heterocycles. The van der Waals surface area contributed by atoms with Crippen LogP contribution >= 0.6 is 0 Å². The predicted octanol–water partition coefficient (Wildman–Crippen LogP) is 2.46. The van der Waals surface area contributed by atoms with E-state index in [2.05, 4.69) is 16.0 Å². The number of carbonyl (C=O) groups excluding carboxylic acids is 2. The third-order valence-corrected chi connectivity index (χ3v) is 5.29. The van der Waals surface area contributed by atoms with Crippen LogP contribution in [-0.4, -0.2) is 53.5 Å². The van der Waals surface area contributed by atoms with Gasteiger partial charge in [-0.1, -0.05) is 12.1 Å². The van der Waals surface area contributed by atoms with E-state index in [0.29, 0.717) is 33.9 Å². The molecule has 6 N–H and O–H groups in total. The third kappa shape index (κ3) is 4.59. The number of carbonyl (C=O) groups is 2. The molecule has 3 aromatic carbocycles. The van der Waals surface area contributed by atoms with Crippen molar-refractivity contribution in [3.05, 3.63) is 65.7 Å². The highest BCUT2D eigenvalue weighted by atomic mass is 16.5. The maximum Gasteiger partial charge on any atom is 0.257 e. The van der Waals surface area contributed by atoms with Crippen molar-refractivity contribution in [2.24, 2.45) is 0 Å². The van der Waals surface area contributed by atoms with E-state index in [1.807, 2.05) is 6.07 Å². The number of hydrogen-bond donors (Lipinski definition) is 6. The standard InChI is InChI=1S/C24H23N3O6/c1-33-22-10-14(4-7-21(22)30)13-2-5-17-19(8-13)26-18-6-3-15(9-20(18)27-24(17)32)23(31)25-11-16(29)12-28/h2-10,16,26,28-30H,11-12H2,1H3,(H,25,31)(H,27,32). The van der Waals surface area contributed by atoms with Gasteiger partial charge in [-0.25, -0.2) is 0 Å². The number of aromatic hydroxyl groups is 1. The van der Waals surface area contributed by atoms with Gasteiger partial charge < -0.3 is 36.0 Å². The van der Waals surface area contributed by atoms with Crippen molar-refractivity contribution in [3.8, 4) is 22.6 Å². The summed E-state index contributed by atoms with van der Waals surface area (Å²) in [5.74, 6) is -0.395. The van der Waals surface area contributed by atoms with E-state index >= 15 is 0 Å². The van der Waals surface area contributed by atoms with Gasteiger partial charge in [-0.05, 0) is 53.6 Å². The van der Waals surface area contributed by atoms with Crippen molar-refractivity contribution in [3.63, 3.8) is 0 Å². The Balaban J connectivity index is 1.63. The maximum absolute atomic E-state index is 12.8. The van der Waals surface area contributed by atoms with Crippen molar-refractivity contribution < 1.29 is 29.6 Å². The first kappa shape index (κ1) is 22.1. The summed E-state index contributed by atoms with van der Waals surface area (Å²) in [6.45, 7) is -0.547. The van der Waals surface area contributed by atoms with E-state index in [1.165, 1.54) is 7.11 Å². The van der Waals surface area contributed by atoms with Crippen molar-refractivity contribution in [2.45, 2.75) is 6.10 Å². The molecule has 4 rings (SSSR count). The fourth-order valence-corrected chi connectivity index (χ4v) is 3.49. The second-order valence-electron chi connectivity index (χ2n) is 7.53. The summed E-state index contributed by atoms with van der Waals surface area (Å²) in [7, 11) is 1.47. The average molecular weight is 449 g/mol. The highest BCUT2D eigenvalue weighted by molar-refractivity contribution is 6.13. The molecule has 0 fully saturated rings. The zero-order chi connectivity index (χ0) is 23.5. The van der Waals surface area contributed by atoms with Crippen LogP contribution in [0.25, 0.3) is 11.1 Å². The monoisotopic (exact) mass is 449 g/mol. The lowest BCUT2D eigenvalue weighted by atomic mass is 10.0. The molecule has 1 heterocycles. The summed E-state index contributed by atoms with van der Waals surface area (Å²) >= 11 is 0. The van der Waals surface area contributed by atoms with E-state index in [9.17, 15) is 19.8 Å². The largest absolute Gasteiger partial charge is 0.504 e. The van der Waals surface area contributed by atoms with E-state index in [-0.39, 0.29) is 18.2 Å². The summed E-state index contributed by atoms with van der Waals surface area (Å²) < 4.78 is 5.18. The lowest BCUT2D eigenvalue weighted by Crippen LogP contribution is -2.33. The highest BCUT2D eigenvalue weighted by Crippen LogP contribution is 2.37. The normalized spacial score (nSPS) is 13.0. The number of aliphatic hydroxyl groups is 2. The van der Waals surface area contributed by atoms with Gasteiger partial charge in [0.15, 0.2) is 11.5 Å². The minimum absolute atomic E-state index is 0.0353. The Morgan fingerprint density at radius 1 is 1.00 bits per heavy atom. The van der Waals surface area contributed by atoms with Crippen molar-refractivity contribution in [2.75, 3.05) is 30.9 Å². The average Bonchev–Trinajstić information content (AvgIpc) is 2.97. The molecule has 170 valence electrons. The fraction of sp³-hybridized carbons (Fsp3) is 0.167. The zero-order valence-corrected chi connectivity index (χ0v) is 17.8. The molecule has 33 heavy (non-hydrogen) atoms. The smallest absolute Gasteiger partial charge is 0.257 e.